The van der Waals surface area contributed by atoms with Crippen molar-refractivity contribution in [3.63, 3.8) is 0 Å². The molecular formula is C10H9F3N2. The molecule has 0 radical (unpaired) electrons. The van der Waals surface area contributed by atoms with E-state index in [0.29, 0.717) is 6.07 Å². The van der Waals surface area contributed by atoms with Crippen molar-refractivity contribution in [1.29, 1.82) is 0 Å². The van der Waals surface area contributed by atoms with Crippen molar-refractivity contribution in [2.45, 2.75) is 18.9 Å². The molecule has 1 aromatic rings. The fourth-order valence-electron chi connectivity index (χ4n) is 1.47. The van der Waals surface area contributed by atoms with Crippen molar-refractivity contribution >= 4 is 5.82 Å². The fraction of sp³-hybridized carbons (Fsp3) is 0.300. The number of halogens is 3. The first-order valence-electron chi connectivity index (χ1n) is 4.60. The average Bonchev–Trinajstić information content (AvgIpc) is 2.67. The molecule has 1 heterocycles. The topological polar surface area (TPSA) is 24.9 Å². The minimum absolute atomic E-state index is 0.0110. The van der Waals surface area contributed by atoms with E-state index in [1.807, 2.05) is 12.2 Å². The lowest BCUT2D eigenvalue weighted by Gasteiger charge is -2.13. The van der Waals surface area contributed by atoms with Gasteiger partial charge in [0.25, 0.3) is 5.95 Å². The molecule has 1 aliphatic carbocycles. The van der Waals surface area contributed by atoms with E-state index < -0.39 is 17.6 Å². The molecule has 1 aliphatic rings. The highest BCUT2D eigenvalue weighted by atomic mass is 19.2. The lowest BCUT2D eigenvalue weighted by Crippen LogP contribution is -2.17. The Labute approximate surface area is 84.8 Å². The van der Waals surface area contributed by atoms with Gasteiger partial charge in [0, 0.05) is 12.1 Å². The van der Waals surface area contributed by atoms with E-state index in [0.717, 1.165) is 12.8 Å². The second kappa shape index (κ2) is 3.92. The monoisotopic (exact) mass is 214 g/mol. The largest absolute Gasteiger partial charge is 0.364 e. The summed E-state index contributed by atoms with van der Waals surface area (Å²) in [4.78, 5) is 3.18. The van der Waals surface area contributed by atoms with E-state index in [2.05, 4.69) is 10.3 Å². The van der Waals surface area contributed by atoms with Crippen LogP contribution in [-0.2, 0) is 0 Å². The Morgan fingerprint density at radius 1 is 1.13 bits per heavy atom. The molecule has 0 saturated heterocycles. The molecule has 1 aromatic heterocycles. The van der Waals surface area contributed by atoms with Gasteiger partial charge >= 0.3 is 0 Å². The van der Waals surface area contributed by atoms with Crippen molar-refractivity contribution in [2.75, 3.05) is 5.32 Å². The molecule has 2 nitrogen and oxygen atoms in total. The minimum Gasteiger partial charge on any atom is -0.364 e. The van der Waals surface area contributed by atoms with Crippen LogP contribution in [0.3, 0.4) is 0 Å². The molecule has 0 saturated carbocycles. The lowest BCUT2D eigenvalue weighted by atomic mass is 10.2. The van der Waals surface area contributed by atoms with Crippen molar-refractivity contribution < 1.29 is 13.2 Å². The zero-order chi connectivity index (χ0) is 10.8. The Bertz CT molecular complexity index is 396. The third kappa shape index (κ3) is 2.11. The maximum Gasteiger partial charge on any atom is 0.251 e. The van der Waals surface area contributed by atoms with Gasteiger partial charge in [-0.3, -0.25) is 0 Å². The number of pyridine rings is 1. The van der Waals surface area contributed by atoms with Crippen LogP contribution in [0.2, 0.25) is 0 Å². The number of rotatable bonds is 2. The van der Waals surface area contributed by atoms with Gasteiger partial charge < -0.3 is 5.32 Å². The zero-order valence-electron chi connectivity index (χ0n) is 7.80. The number of aromatic nitrogens is 1. The number of anilines is 1. The summed E-state index contributed by atoms with van der Waals surface area (Å²) >= 11 is 0. The molecular weight excluding hydrogens is 205 g/mol. The molecule has 15 heavy (non-hydrogen) atoms. The molecule has 0 unspecified atom stereocenters. The third-order valence-electron chi connectivity index (χ3n) is 2.24. The fourth-order valence-corrected chi connectivity index (χ4v) is 1.47. The first kappa shape index (κ1) is 10.0. The second-order valence-electron chi connectivity index (χ2n) is 3.38. The van der Waals surface area contributed by atoms with E-state index in [1.165, 1.54) is 0 Å². The van der Waals surface area contributed by atoms with Crippen LogP contribution in [-0.4, -0.2) is 11.0 Å². The zero-order valence-corrected chi connectivity index (χ0v) is 7.80. The summed E-state index contributed by atoms with van der Waals surface area (Å²) < 4.78 is 38.4. The van der Waals surface area contributed by atoms with Gasteiger partial charge in [-0.1, -0.05) is 12.2 Å². The maximum atomic E-state index is 13.1. The molecule has 0 aliphatic heterocycles. The molecule has 80 valence electrons. The highest BCUT2D eigenvalue weighted by Gasteiger charge is 2.16. The van der Waals surface area contributed by atoms with Crippen LogP contribution in [0.4, 0.5) is 19.0 Å². The maximum absolute atomic E-state index is 13.1. The van der Waals surface area contributed by atoms with Crippen LogP contribution in [0.1, 0.15) is 12.8 Å². The molecule has 1 N–H and O–H groups in total. The summed E-state index contributed by atoms with van der Waals surface area (Å²) in [5, 5.41) is 2.72. The first-order chi connectivity index (χ1) is 7.16. The van der Waals surface area contributed by atoms with Crippen LogP contribution in [0.15, 0.2) is 18.2 Å². The van der Waals surface area contributed by atoms with Gasteiger partial charge in [0.1, 0.15) is 0 Å². The molecule has 5 heteroatoms. The Morgan fingerprint density at radius 3 is 2.47 bits per heavy atom. The summed E-state index contributed by atoms with van der Waals surface area (Å²) in [6.45, 7) is 0. The predicted octanol–water partition coefficient (Wildman–Crippen LogP) is 2.63. The molecule has 0 spiro atoms. The Hall–Kier alpha value is -1.52. The van der Waals surface area contributed by atoms with Gasteiger partial charge in [-0.25, -0.2) is 8.78 Å². The van der Waals surface area contributed by atoms with Crippen molar-refractivity contribution in [3.05, 3.63) is 35.8 Å². The standard InChI is InChI=1S/C10H9F3N2/c11-7-5-8(12)10(15-9(7)13)14-6-3-1-2-4-6/h1-2,5-6H,3-4H2,(H,14,15). The van der Waals surface area contributed by atoms with Crippen molar-refractivity contribution in [3.8, 4) is 0 Å². The number of hydrogen-bond donors (Lipinski definition) is 1. The van der Waals surface area contributed by atoms with Gasteiger partial charge in [-0.15, -0.1) is 0 Å². The Kier molecular flexibility index (Phi) is 2.62. The first-order valence-corrected chi connectivity index (χ1v) is 4.60. The molecule has 0 atom stereocenters. The number of hydrogen-bond acceptors (Lipinski definition) is 2. The average molecular weight is 214 g/mol. The van der Waals surface area contributed by atoms with E-state index in [9.17, 15) is 13.2 Å². The number of nitrogens with one attached hydrogen (secondary N) is 1. The van der Waals surface area contributed by atoms with Crippen LogP contribution in [0.25, 0.3) is 0 Å². The summed E-state index contributed by atoms with van der Waals surface area (Å²) in [5.74, 6) is -3.67. The van der Waals surface area contributed by atoms with E-state index in [1.54, 1.807) is 0 Å². The van der Waals surface area contributed by atoms with Gasteiger partial charge in [-0.05, 0) is 12.8 Å². The molecule has 2 rings (SSSR count). The quantitative estimate of drug-likeness (QED) is 0.604. The van der Waals surface area contributed by atoms with Gasteiger partial charge in [-0.2, -0.15) is 9.37 Å². The highest BCUT2D eigenvalue weighted by molar-refractivity contribution is 5.38. The minimum atomic E-state index is -1.29. The van der Waals surface area contributed by atoms with E-state index in [-0.39, 0.29) is 11.9 Å². The highest BCUT2D eigenvalue weighted by Crippen LogP contribution is 2.19. The Morgan fingerprint density at radius 2 is 1.80 bits per heavy atom. The summed E-state index contributed by atoms with van der Waals surface area (Å²) in [7, 11) is 0. The van der Waals surface area contributed by atoms with Crippen molar-refractivity contribution in [1.82, 2.24) is 4.98 Å². The predicted molar refractivity (Wildman–Crippen MR) is 49.9 cm³/mol. The Balaban J connectivity index is 2.17. The van der Waals surface area contributed by atoms with E-state index >= 15 is 0 Å². The molecule has 0 bridgehead atoms. The van der Waals surface area contributed by atoms with E-state index in [4.69, 9.17) is 0 Å². The van der Waals surface area contributed by atoms with Crippen LogP contribution in [0, 0.1) is 17.6 Å². The van der Waals surface area contributed by atoms with Gasteiger partial charge in [0.05, 0.1) is 0 Å². The smallest absolute Gasteiger partial charge is 0.251 e. The third-order valence-corrected chi connectivity index (χ3v) is 2.24. The summed E-state index contributed by atoms with van der Waals surface area (Å²) in [6.07, 6.45) is 5.35. The molecule has 0 fully saturated rings. The lowest BCUT2D eigenvalue weighted by molar-refractivity contribution is 0.465. The summed E-state index contributed by atoms with van der Waals surface area (Å²) in [5.41, 5.74) is 0. The van der Waals surface area contributed by atoms with Crippen LogP contribution >= 0.6 is 0 Å². The normalized spacial score (nSPS) is 15.9. The van der Waals surface area contributed by atoms with Gasteiger partial charge in [0.2, 0.25) is 0 Å². The number of nitrogens with zero attached hydrogens (tertiary/aromatic N) is 1. The van der Waals surface area contributed by atoms with Crippen LogP contribution in [0.5, 0.6) is 0 Å². The SMILES string of the molecule is Fc1cc(F)c(NC2CC=CC2)nc1F. The van der Waals surface area contributed by atoms with Crippen molar-refractivity contribution in [2.24, 2.45) is 0 Å². The molecule has 0 aromatic carbocycles. The second-order valence-corrected chi connectivity index (χ2v) is 3.38. The molecule has 0 amide bonds. The summed E-state index contributed by atoms with van der Waals surface area (Å²) in [6, 6.07) is 0.504. The van der Waals surface area contributed by atoms with Gasteiger partial charge in [0.15, 0.2) is 17.5 Å². The van der Waals surface area contributed by atoms with Crippen LogP contribution < -0.4 is 5.32 Å².